The van der Waals surface area contributed by atoms with Crippen LogP contribution in [0, 0.1) is 0 Å². The molecule has 0 spiro atoms. The van der Waals surface area contributed by atoms with Gasteiger partial charge in [-0.3, -0.25) is 4.79 Å². The minimum Gasteiger partial charge on any atom is -0.496 e. The molecule has 0 bridgehead atoms. The summed E-state index contributed by atoms with van der Waals surface area (Å²) in [5.41, 5.74) is 2.55. The third-order valence-electron chi connectivity index (χ3n) is 7.50. The SMILES string of the molecule is COc1cccc(Cl)c1CC(=O)N1[C@@H](CO[Si](C)(C)C(C)(C)C)Cc2c(C(=O)O)cccc2[C@@H]1C. The number of carbonyl (C=O) groups is 2. The zero-order valence-corrected chi connectivity index (χ0v) is 23.4. The van der Waals surface area contributed by atoms with Crippen molar-refractivity contribution in [3.05, 3.63) is 63.7 Å². The lowest BCUT2D eigenvalue weighted by Crippen LogP contribution is -2.52. The van der Waals surface area contributed by atoms with Gasteiger partial charge >= 0.3 is 5.97 Å². The zero-order chi connectivity index (χ0) is 26.1. The summed E-state index contributed by atoms with van der Waals surface area (Å²) in [6.45, 7) is 13.2. The van der Waals surface area contributed by atoms with Gasteiger partial charge in [-0.1, -0.05) is 50.6 Å². The summed E-state index contributed by atoms with van der Waals surface area (Å²) >= 11 is 6.44. The maximum atomic E-state index is 13.8. The first-order chi connectivity index (χ1) is 16.3. The Hall–Kier alpha value is -2.35. The molecule has 0 radical (unpaired) electrons. The molecule has 1 amide bonds. The van der Waals surface area contributed by atoms with Gasteiger partial charge in [0, 0.05) is 10.6 Å². The number of amides is 1. The number of methoxy groups -OCH3 is 1. The van der Waals surface area contributed by atoms with Crippen LogP contribution < -0.4 is 4.74 Å². The van der Waals surface area contributed by atoms with Crippen molar-refractivity contribution >= 4 is 31.8 Å². The van der Waals surface area contributed by atoms with Crippen molar-refractivity contribution in [2.45, 2.75) is 70.8 Å². The predicted octanol–water partition coefficient (Wildman–Crippen LogP) is 6.13. The molecule has 6 nitrogen and oxygen atoms in total. The number of carboxylic acid groups (broad SMARTS) is 1. The lowest BCUT2D eigenvalue weighted by molar-refractivity contribution is -0.137. The Morgan fingerprint density at radius 1 is 1.17 bits per heavy atom. The fraction of sp³-hybridized carbons (Fsp3) is 0.481. The number of fused-ring (bicyclic) bond motifs is 1. The van der Waals surface area contributed by atoms with Crippen LogP contribution in [0.5, 0.6) is 5.75 Å². The highest BCUT2D eigenvalue weighted by Gasteiger charge is 2.41. The smallest absolute Gasteiger partial charge is 0.335 e. The van der Waals surface area contributed by atoms with Crippen molar-refractivity contribution in [2.24, 2.45) is 0 Å². The molecule has 190 valence electrons. The van der Waals surface area contributed by atoms with E-state index in [0.29, 0.717) is 29.4 Å². The van der Waals surface area contributed by atoms with Crippen LogP contribution >= 0.6 is 11.6 Å². The second-order valence-corrected chi connectivity index (χ2v) is 15.9. The van der Waals surface area contributed by atoms with Crippen LogP contribution in [0.1, 0.15) is 60.8 Å². The minimum atomic E-state index is -2.10. The summed E-state index contributed by atoms with van der Waals surface area (Å²) in [5, 5.41) is 10.3. The van der Waals surface area contributed by atoms with Gasteiger partial charge in [0.15, 0.2) is 8.32 Å². The molecule has 0 saturated carbocycles. The molecule has 1 aliphatic heterocycles. The number of nitrogens with zero attached hydrogens (tertiary/aromatic N) is 1. The molecule has 2 aromatic rings. The van der Waals surface area contributed by atoms with E-state index in [2.05, 4.69) is 33.9 Å². The van der Waals surface area contributed by atoms with Crippen LogP contribution in [-0.4, -0.2) is 50.0 Å². The Labute approximate surface area is 214 Å². The molecule has 8 heteroatoms. The van der Waals surface area contributed by atoms with Gasteiger partial charge in [-0.25, -0.2) is 4.79 Å². The maximum Gasteiger partial charge on any atom is 0.335 e. The molecule has 0 unspecified atom stereocenters. The minimum absolute atomic E-state index is 0.0111. The summed E-state index contributed by atoms with van der Waals surface area (Å²) in [4.78, 5) is 27.6. The van der Waals surface area contributed by atoms with E-state index in [1.807, 2.05) is 17.9 Å². The van der Waals surface area contributed by atoms with Gasteiger partial charge in [0.2, 0.25) is 5.91 Å². The summed E-state index contributed by atoms with van der Waals surface area (Å²) in [5.74, 6) is -0.490. The molecular formula is C27H36ClNO5Si. The quantitative estimate of drug-likeness (QED) is 0.447. The van der Waals surface area contributed by atoms with Crippen molar-refractivity contribution in [3.8, 4) is 5.75 Å². The van der Waals surface area contributed by atoms with Gasteiger partial charge in [-0.05, 0) is 60.8 Å². The summed E-state index contributed by atoms with van der Waals surface area (Å²) in [6.07, 6.45) is 0.500. The van der Waals surface area contributed by atoms with Crippen LogP contribution in [0.15, 0.2) is 36.4 Å². The number of benzene rings is 2. The number of ether oxygens (including phenoxy) is 1. The molecule has 35 heavy (non-hydrogen) atoms. The van der Waals surface area contributed by atoms with E-state index in [-0.39, 0.29) is 35.0 Å². The molecule has 3 rings (SSSR count). The average molecular weight is 518 g/mol. The molecule has 0 aliphatic carbocycles. The van der Waals surface area contributed by atoms with Crippen LogP contribution in [-0.2, 0) is 22.1 Å². The van der Waals surface area contributed by atoms with E-state index in [4.69, 9.17) is 20.8 Å². The molecule has 1 aliphatic rings. The van der Waals surface area contributed by atoms with E-state index in [0.717, 1.165) is 11.1 Å². The summed E-state index contributed by atoms with van der Waals surface area (Å²) in [6, 6.07) is 10.0. The summed E-state index contributed by atoms with van der Waals surface area (Å²) < 4.78 is 12.0. The van der Waals surface area contributed by atoms with Crippen LogP contribution in [0.4, 0.5) is 0 Å². The van der Waals surface area contributed by atoms with Crippen molar-refractivity contribution in [1.82, 2.24) is 4.90 Å². The largest absolute Gasteiger partial charge is 0.496 e. The van der Waals surface area contributed by atoms with Gasteiger partial charge in [0.1, 0.15) is 5.75 Å². The third-order valence-corrected chi connectivity index (χ3v) is 12.4. The third kappa shape index (κ3) is 5.57. The lowest BCUT2D eigenvalue weighted by Gasteiger charge is -2.44. The Balaban J connectivity index is 2.01. The molecule has 2 aromatic carbocycles. The Bertz CT molecular complexity index is 1110. The number of hydrogen-bond donors (Lipinski definition) is 1. The van der Waals surface area contributed by atoms with Crippen molar-refractivity contribution in [2.75, 3.05) is 13.7 Å². The van der Waals surface area contributed by atoms with E-state index >= 15 is 0 Å². The molecule has 2 atom stereocenters. The highest BCUT2D eigenvalue weighted by atomic mass is 35.5. The average Bonchev–Trinajstić information content (AvgIpc) is 2.77. The van der Waals surface area contributed by atoms with Crippen LogP contribution in [0.25, 0.3) is 0 Å². The van der Waals surface area contributed by atoms with Crippen molar-refractivity contribution < 1.29 is 23.9 Å². The second-order valence-electron chi connectivity index (χ2n) is 10.7. The highest BCUT2D eigenvalue weighted by molar-refractivity contribution is 6.74. The molecule has 0 fully saturated rings. The highest BCUT2D eigenvalue weighted by Crippen LogP contribution is 2.40. The topological polar surface area (TPSA) is 76.1 Å². The number of halogens is 1. The number of hydrogen-bond acceptors (Lipinski definition) is 4. The normalized spacial score (nSPS) is 18.2. The molecule has 0 aromatic heterocycles. The standard InChI is InChI=1S/C27H36ClNO5Si/c1-17-19-10-8-11-20(26(31)32)21(19)14-18(16-34-35(6,7)27(2,3)4)29(17)25(30)15-22-23(28)12-9-13-24(22)33-5/h8-13,17-18H,14-16H2,1-7H3,(H,31,32)/t17-,18+/m0/s1. The molecule has 1 N–H and O–H groups in total. The maximum absolute atomic E-state index is 13.8. The first-order valence-electron chi connectivity index (χ1n) is 11.9. The molecule has 1 heterocycles. The number of carboxylic acids is 1. The van der Waals surface area contributed by atoms with Crippen molar-refractivity contribution in [3.63, 3.8) is 0 Å². The summed E-state index contributed by atoms with van der Waals surface area (Å²) in [7, 11) is -0.537. The van der Waals surface area contributed by atoms with E-state index < -0.39 is 14.3 Å². The zero-order valence-electron chi connectivity index (χ0n) is 21.6. The predicted molar refractivity (Wildman–Crippen MR) is 141 cm³/mol. The fourth-order valence-electron chi connectivity index (χ4n) is 4.45. The van der Waals surface area contributed by atoms with Crippen molar-refractivity contribution in [1.29, 1.82) is 0 Å². The lowest BCUT2D eigenvalue weighted by atomic mass is 9.85. The van der Waals surface area contributed by atoms with E-state index in [1.54, 1.807) is 37.4 Å². The van der Waals surface area contributed by atoms with Gasteiger partial charge < -0.3 is 19.2 Å². The Kier molecular flexibility index (Phi) is 8.04. The van der Waals surface area contributed by atoms with Crippen LogP contribution in [0.2, 0.25) is 23.2 Å². The van der Waals surface area contributed by atoms with Gasteiger partial charge in [0.05, 0.1) is 37.8 Å². The molecular weight excluding hydrogens is 482 g/mol. The van der Waals surface area contributed by atoms with Gasteiger partial charge in [0.25, 0.3) is 0 Å². The monoisotopic (exact) mass is 517 g/mol. The second kappa shape index (κ2) is 10.3. The molecule has 0 saturated heterocycles. The Morgan fingerprint density at radius 3 is 2.43 bits per heavy atom. The Morgan fingerprint density at radius 2 is 1.83 bits per heavy atom. The van der Waals surface area contributed by atoms with E-state index in [1.165, 1.54) is 0 Å². The van der Waals surface area contributed by atoms with Gasteiger partial charge in [-0.2, -0.15) is 0 Å². The number of rotatable bonds is 7. The number of aromatic carboxylic acids is 1. The van der Waals surface area contributed by atoms with Gasteiger partial charge in [-0.15, -0.1) is 0 Å². The fourth-order valence-corrected chi connectivity index (χ4v) is 5.72. The van der Waals surface area contributed by atoms with Crippen LogP contribution in [0.3, 0.4) is 0 Å². The number of carbonyl (C=O) groups excluding carboxylic acids is 1. The first-order valence-corrected chi connectivity index (χ1v) is 15.2. The first kappa shape index (κ1) is 27.2. The van der Waals surface area contributed by atoms with E-state index in [9.17, 15) is 14.7 Å².